The molecule has 0 bridgehead atoms. The van der Waals surface area contributed by atoms with Crippen LogP contribution in [0.1, 0.15) is 68.6 Å². The Kier molecular flexibility index (Phi) is 11.1. The number of halogens is 2. The third-order valence-electron chi connectivity index (χ3n) is 7.26. The zero-order chi connectivity index (χ0) is 28.7. The maximum absolute atomic E-state index is 13.6. The van der Waals surface area contributed by atoms with Gasteiger partial charge >= 0.3 is 0 Å². The molecule has 2 aromatic rings. The Hall–Kier alpha value is -2.29. The lowest BCUT2D eigenvalue weighted by atomic mass is 9.95. The number of benzene rings is 2. The van der Waals surface area contributed by atoms with Gasteiger partial charge in [-0.2, -0.15) is 0 Å². The van der Waals surface area contributed by atoms with Gasteiger partial charge in [-0.15, -0.1) is 0 Å². The first-order valence-corrected chi connectivity index (χ1v) is 16.1. The zero-order valence-corrected chi connectivity index (χ0v) is 25.5. The standard InChI is InChI=1S/C29H39Cl2N3O4S/c1-20-12-13-21(2)27(17-20)34(39(4,37)38)16-8-11-28(35)33(19-23-14-15-24(30)18-26(23)31)22(3)29(36)32-25-9-6-5-7-10-25/h12-15,17-18,22,25H,5-11,16,19H2,1-4H3,(H,32,36)/t22-/m1/s1. The Balaban J connectivity index is 1.77. The van der Waals surface area contributed by atoms with E-state index >= 15 is 0 Å². The molecule has 2 amide bonds. The van der Waals surface area contributed by atoms with Gasteiger partial charge in [0.2, 0.25) is 21.8 Å². The lowest BCUT2D eigenvalue weighted by Crippen LogP contribution is -2.50. The molecule has 0 saturated heterocycles. The maximum atomic E-state index is 13.6. The fourth-order valence-corrected chi connectivity index (χ4v) is 6.44. The number of carbonyl (C=O) groups excluding carboxylic acids is 2. The Bertz CT molecular complexity index is 1280. The fraction of sp³-hybridized carbons (Fsp3) is 0.517. The minimum Gasteiger partial charge on any atom is -0.352 e. The van der Waals surface area contributed by atoms with Crippen LogP contribution in [0, 0.1) is 13.8 Å². The molecule has 0 unspecified atom stereocenters. The molecule has 10 heteroatoms. The molecule has 39 heavy (non-hydrogen) atoms. The van der Waals surface area contributed by atoms with E-state index in [2.05, 4.69) is 5.32 Å². The molecule has 0 aromatic heterocycles. The molecule has 7 nitrogen and oxygen atoms in total. The predicted octanol–water partition coefficient (Wildman–Crippen LogP) is 6.02. The molecular weight excluding hydrogens is 557 g/mol. The Labute approximate surface area is 242 Å². The molecule has 0 aliphatic heterocycles. The number of hydrogen-bond donors (Lipinski definition) is 1. The van der Waals surface area contributed by atoms with Crippen LogP contribution in [0.5, 0.6) is 0 Å². The zero-order valence-electron chi connectivity index (χ0n) is 23.2. The first-order chi connectivity index (χ1) is 18.4. The van der Waals surface area contributed by atoms with Gasteiger partial charge in [0.15, 0.2) is 0 Å². The molecule has 0 radical (unpaired) electrons. The van der Waals surface area contributed by atoms with Gasteiger partial charge < -0.3 is 10.2 Å². The Morgan fingerprint density at radius 3 is 2.38 bits per heavy atom. The molecule has 3 rings (SSSR count). The van der Waals surface area contributed by atoms with Crippen molar-refractivity contribution < 1.29 is 18.0 Å². The van der Waals surface area contributed by atoms with Gasteiger partial charge in [0.1, 0.15) is 6.04 Å². The molecular formula is C29H39Cl2N3O4S. The summed E-state index contributed by atoms with van der Waals surface area (Å²) in [4.78, 5) is 28.3. The highest BCUT2D eigenvalue weighted by atomic mass is 35.5. The van der Waals surface area contributed by atoms with Crippen LogP contribution in [0.15, 0.2) is 36.4 Å². The average Bonchev–Trinajstić information content (AvgIpc) is 2.87. The number of hydrogen-bond acceptors (Lipinski definition) is 4. The predicted molar refractivity (Wildman–Crippen MR) is 159 cm³/mol. The topological polar surface area (TPSA) is 86.8 Å². The molecule has 1 saturated carbocycles. The second kappa shape index (κ2) is 13.9. The molecule has 1 aliphatic carbocycles. The summed E-state index contributed by atoms with van der Waals surface area (Å²) in [7, 11) is -3.57. The molecule has 214 valence electrons. The second-order valence-corrected chi connectivity index (χ2v) is 13.3. The summed E-state index contributed by atoms with van der Waals surface area (Å²) in [5.41, 5.74) is 3.07. The minimum atomic E-state index is -3.57. The van der Waals surface area contributed by atoms with Gasteiger partial charge in [-0.1, -0.05) is 60.7 Å². The fourth-order valence-electron chi connectivity index (χ4n) is 4.96. The number of nitrogens with zero attached hydrogens (tertiary/aromatic N) is 2. The summed E-state index contributed by atoms with van der Waals surface area (Å²) in [6.07, 6.45) is 6.75. The number of amides is 2. The van der Waals surface area contributed by atoms with Crippen LogP contribution in [0.3, 0.4) is 0 Å². The van der Waals surface area contributed by atoms with Crippen molar-refractivity contribution in [3.63, 3.8) is 0 Å². The van der Waals surface area contributed by atoms with Crippen LogP contribution in [0.2, 0.25) is 10.0 Å². The van der Waals surface area contributed by atoms with Crippen molar-refractivity contribution in [2.75, 3.05) is 17.1 Å². The normalized spacial score (nSPS) is 15.0. The van der Waals surface area contributed by atoms with E-state index in [4.69, 9.17) is 23.2 Å². The molecule has 0 spiro atoms. The summed E-state index contributed by atoms with van der Waals surface area (Å²) >= 11 is 12.5. The summed E-state index contributed by atoms with van der Waals surface area (Å²) in [6, 6.07) is 10.1. The number of anilines is 1. The summed E-state index contributed by atoms with van der Waals surface area (Å²) in [5, 5.41) is 4.01. The van der Waals surface area contributed by atoms with Crippen molar-refractivity contribution in [1.82, 2.24) is 10.2 Å². The summed E-state index contributed by atoms with van der Waals surface area (Å²) < 4.78 is 26.6. The highest BCUT2D eigenvalue weighted by Crippen LogP contribution is 2.26. The van der Waals surface area contributed by atoms with Crippen LogP contribution in [-0.2, 0) is 26.2 Å². The van der Waals surface area contributed by atoms with E-state index < -0.39 is 16.1 Å². The minimum absolute atomic E-state index is 0.0726. The van der Waals surface area contributed by atoms with E-state index in [-0.39, 0.29) is 37.4 Å². The highest BCUT2D eigenvalue weighted by molar-refractivity contribution is 7.92. The monoisotopic (exact) mass is 595 g/mol. The second-order valence-electron chi connectivity index (χ2n) is 10.5. The molecule has 1 atom stereocenters. The number of aryl methyl sites for hydroxylation is 2. The first-order valence-electron chi connectivity index (χ1n) is 13.5. The molecule has 0 heterocycles. The van der Waals surface area contributed by atoms with Crippen LogP contribution < -0.4 is 9.62 Å². The van der Waals surface area contributed by atoms with Crippen LogP contribution >= 0.6 is 23.2 Å². The first kappa shape index (κ1) is 31.2. The number of nitrogens with one attached hydrogen (secondary N) is 1. The van der Waals surface area contributed by atoms with E-state index in [1.54, 1.807) is 25.1 Å². The molecule has 1 aliphatic rings. The van der Waals surface area contributed by atoms with Crippen molar-refractivity contribution in [3.8, 4) is 0 Å². The third kappa shape index (κ3) is 8.85. The van der Waals surface area contributed by atoms with Gasteiger partial charge in [0.05, 0.1) is 11.9 Å². The maximum Gasteiger partial charge on any atom is 0.242 e. The Morgan fingerprint density at radius 1 is 1.05 bits per heavy atom. The molecule has 1 N–H and O–H groups in total. The van der Waals surface area contributed by atoms with E-state index in [1.165, 1.54) is 21.9 Å². The van der Waals surface area contributed by atoms with Gasteiger partial charge in [0.25, 0.3) is 0 Å². The lowest BCUT2D eigenvalue weighted by molar-refractivity contribution is -0.141. The summed E-state index contributed by atoms with van der Waals surface area (Å²) in [6.45, 7) is 5.78. The SMILES string of the molecule is Cc1ccc(C)c(N(CCCC(=O)N(Cc2ccc(Cl)cc2Cl)[C@H](C)C(=O)NC2CCCCC2)S(C)(=O)=O)c1. The largest absolute Gasteiger partial charge is 0.352 e. The quantitative estimate of drug-likeness (QED) is 0.344. The molecule has 2 aromatic carbocycles. The number of carbonyl (C=O) groups is 2. The van der Waals surface area contributed by atoms with Crippen LogP contribution in [-0.4, -0.2) is 50.0 Å². The van der Waals surface area contributed by atoms with Gasteiger partial charge in [-0.25, -0.2) is 8.42 Å². The van der Waals surface area contributed by atoms with E-state index in [0.717, 1.165) is 36.8 Å². The van der Waals surface area contributed by atoms with Crippen molar-refractivity contribution in [2.45, 2.75) is 84.3 Å². The summed E-state index contributed by atoms with van der Waals surface area (Å²) in [5.74, 6) is -0.449. The average molecular weight is 597 g/mol. The van der Waals surface area contributed by atoms with Crippen LogP contribution in [0.25, 0.3) is 0 Å². The highest BCUT2D eigenvalue weighted by Gasteiger charge is 2.29. The van der Waals surface area contributed by atoms with Crippen molar-refractivity contribution in [3.05, 3.63) is 63.1 Å². The number of rotatable bonds is 11. The third-order valence-corrected chi connectivity index (χ3v) is 9.03. The lowest BCUT2D eigenvalue weighted by Gasteiger charge is -2.32. The van der Waals surface area contributed by atoms with Crippen molar-refractivity contribution in [2.24, 2.45) is 0 Å². The van der Waals surface area contributed by atoms with E-state index in [9.17, 15) is 18.0 Å². The van der Waals surface area contributed by atoms with E-state index in [1.807, 2.05) is 32.0 Å². The number of sulfonamides is 1. The Morgan fingerprint density at radius 2 is 1.74 bits per heavy atom. The van der Waals surface area contributed by atoms with Crippen molar-refractivity contribution >= 4 is 50.7 Å². The molecule has 1 fully saturated rings. The van der Waals surface area contributed by atoms with E-state index in [0.29, 0.717) is 27.7 Å². The van der Waals surface area contributed by atoms with Gasteiger partial charge in [-0.3, -0.25) is 13.9 Å². The van der Waals surface area contributed by atoms with Crippen LogP contribution in [0.4, 0.5) is 5.69 Å². The smallest absolute Gasteiger partial charge is 0.242 e. The van der Waals surface area contributed by atoms with Crippen molar-refractivity contribution in [1.29, 1.82) is 0 Å². The van der Waals surface area contributed by atoms with Gasteiger partial charge in [0, 0.05) is 35.6 Å². The van der Waals surface area contributed by atoms with Gasteiger partial charge in [-0.05, 0) is 74.9 Å².